The van der Waals surface area contributed by atoms with Gasteiger partial charge in [0.2, 0.25) is 5.91 Å². The molecule has 110 valence electrons. The summed E-state index contributed by atoms with van der Waals surface area (Å²) in [6, 6.07) is 5.38. The molecular formula is C14H16ClN5O. The molecule has 1 fully saturated rings. The average Bonchev–Trinajstić information content (AvgIpc) is 3.02. The Morgan fingerprint density at radius 1 is 1.48 bits per heavy atom. The third-order valence-electron chi connectivity index (χ3n) is 3.56. The zero-order valence-corrected chi connectivity index (χ0v) is 12.2. The molecule has 0 bridgehead atoms. The van der Waals surface area contributed by atoms with Crippen LogP contribution in [-0.2, 0) is 4.79 Å². The third kappa shape index (κ3) is 3.06. The van der Waals surface area contributed by atoms with Crippen molar-refractivity contribution >= 4 is 23.2 Å². The fourth-order valence-corrected chi connectivity index (χ4v) is 2.74. The molecule has 0 spiro atoms. The first kappa shape index (κ1) is 14.0. The topological polar surface area (TPSA) is 71.8 Å². The molecule has 1 aromatic carbocycles. The smallest absolute Gasteiger partial charge is 0.228 e. The minimum absolute atomic E-state index is 0.00540. The Morgan fingerprint density at radius 2 is 2.38 bits per heavy atom. The number of nitrogens with zero attached hydrogens (tertiary/aromatic N) is 3. The van der Waals surface area contributed by atoms with Gasteiger partial charge in [0.05, 0.1) is 16.6 Å². The summed E-state index contributed by atoms with van der Waals surface area (Å²) < 4.78 is 1.55. The van der Waals surface area contributed by atoms with E-state index in [0.29, 0.717) is 22.9 Å². The van der Waals surface area contributed by atoms with Crippen molar-refractivity contribution in [2.45, 2.75) is 12.8 Å². The number of aromatic nitrogens is 3. The van der Waals surface area contributed by atoms with Crippen molar-refractivity contribution in [1.29, 1.82) is 0 Å². The molecule has 1 aliphatic heterocycles. The van der Waals surface area contributed by atoms with Gasteiger partial charge in [-0.1, -0.05) is 17.7 Å². The average molecular weight is 306 g/mol. The van der Waals surface area contributed by atoms with Crippen LogP contribution in [0.1, 0.15) is 12.8 Å². The van der Waals surface area contributed by atoms with Gasteiger partial charge in [0.25, 0.3) is 0 Å². The highest BCUT2D eigenvalue weighted by atomic mass is 35.5. The first-order valence-electron chi connectivity index (χ1n) is 6.91. The standard InChI is InChI=1S/C14H16ClN5O/c15-11-4-1-5-12(13(11)20-9-17-8-18-20)19-14(21)10-3-2-6-16-7-10/h1,4-5,8-10,16H,2-3,6-7H2,(H,19,21)/t10-/m1/s1. The second-order valence-corrected chi connectivity index (χ2v) is 5.42. The maximum absolute atomic E-state index is 12.4. The molecule has 1 atom stereocenters. The van der Waals surface area contributed by atoms with E-state index in [0.717, 1.165) is 19.4 Å². The van der Waals surface area contributed by atoms with E-state index in [4.69, 9.17) is 11.6 Å². The van der Waals surface area contributed by atoms with Gasteiger partial charge in [0.15, 0.2) is 0 Å². The number of para-hydroxylation sites is 1. The number of hydrogen-bond acceptors (Lipinski definition) is 4. The Hall–Kier alpha value is -1.92. The second-order valence-electron chi connectivity index (χ2n) is 5.01. The fourth-order valence-electron chi connectivity index (χ4n) is 2.48. The van der Waals surface area contributed by atoms with E-state index in [1.165, 1.54) is 6.33 Å². The van der Waals surface area contributed by atoms with E-state index in [1.807, 2.05) is 6.07 Å². The number of anilines is 1. The summed E-state index contributed by atoms with van der Waals surface area (Å²) in [5, 5.41) is 10.8. The number of amides is 1. The molecule has 1 saturated heterocycles. The van der Waals surface area contributed by atoms with Gasteiger partial charge >= 0.3 is 0 Å². The third-order valence-corrected chi connectivity index (χ3v) is 3.87. The predicted octanol–water partition coefficient (Wildman–Crippen LogP) is 1.86. The number of rotatable bonds is 3. The summed E-state index contributed by atoms with van der Waals surface area (Å²) in [6.45, 7) is 1.69. The van der Waals surface area contributed by atoms with Crippen LogP contribution < -0.4 is 10.6 Å². The van der Waals surface area contributed by atoms with Crippen molar-refractivity contribution < 1.29 is 4.79 Å². The van der Waals surface area contributed by atoms with Crippen molar-refractivity contribution in [3.8, 4) is 5.69 Å². The molecule has 0 saturated carbocycles. The summed E-state index contributed by atoms with van der Waals surface area (Å²) >= 11 is 6.24. The van der Waals surface area contributed by atoms with Crippen molar-refractivity contribution in [2.24, 2.45) is 5.92 Å². The number of benzene rings is 1. The van der Waals surface area contributed by atoms with Crippen LogP contribution >= 0.6 is 11.6 Å². The first-order valence-corrected chi connectivity index (χ1v) is 7.28. The Kier molecular flexibility index (Phi) is 4.17. The zero-order chi connectivity index (χ0) is 14.7. The molecule has 1 aliphatic rings. The normalized spacial score (nSPS) is 18.4. The number of carbonyl (C=O) groups is 1. The largest absolute Gasteiger partial charge is 0.324 e. The van der Waals surface area contributed by atoms with Crippen LogP contribution in [0.5, 0.6) is 0 Å². The van der Waals surface area contributed by atoms with Gasteiger partial charge < -0.3 is 10.6 Å². The molecule has 0 radical (unpaired) electrons. The summed E-state index contributed by atoms with van der Waals surface area (Å²) in [5.41, 5.74) is 1.28. The van der Waals surface area contributed by atoms with Crippen LogP contribution in [0.25, 0.3) is 5.69 Å². The highest BCUT2D eigenvalue weighted by Crippen LogP contribution is 2.28. The van der Waals surface area contributed by atoms with Crippen molar-refractivity contribution in [1.82, 2.24) is 20.1 Å². The van der Waals surface area contributed by atoms with Crippen LogP contribution in [-0.4, -0.2) is 33.8 Å². The number of nitrogens with one attached hydrogen (secondary N) is 2. The monoisotopic (exact) mass is 305 g/mol. The second kappa shape index (κ2) is 6.24. The minimum atomic E-state index is -0.0127. The molecular weight excluding hydrogens is 290 g/mol. The fraction of sp³-hybridized carbons (Fsp3) is 0.357. The van der Waals surface area contributed by atoms with Crippen molar-refractivity contribution in [3.63, 3.8) is 0 Å². The Morgan fingerprint density at radius 3 is 3.10 bits per heavy atom. The van der Waals surface area contributed by atoms with Crippen LogP contribution in [0.4, 0.5) is 5.69 Å². The maximum atomic E-state index is 12.4. The number of halogens is 1. The summed E-state index contributed by atoms with van der Waals surface area (Å²) in [4.78, 5) is 16.3. The predicted molar refractivity (Wildman–Crippen MR) is 80.6 cm³/mol. The number of hydrogen-bond donors (Lipinski definition) is 2. The van der Waals surface area contributed by atoms with Gasteiger partial charge in [0, 0.05) is 6.54 Å². The Balaban J connectivity index is 1.85. The van der Waals surface area contributed by atoms with Gasteiger partial charge in [-0.15, -0.1) is 0 Å². The highest BCUT2D eigenvalue weighted by molar-refractivity contribution is 6.33. The summed E-state index contributed by atoms with van der Waals surface area (Å²) in [5.74, 6) is -0.00726. The van der Waals surface area contributed by atoms with Crippen LogP contribution in [0.15, 0.2) is 30.9 Å². The number of carbonyl (C=O) groups excluding carboxylic acids is 1. The SMILES string of the molecule is O=C(Nc1cccc(Cl)c1-n1cncn1)[C@@H]1CCCNC1. The van der Waals surface area contributed by atoms with E-state index in [-0.39, 0.29) is 11.8 Å². The van der Waals surface area contributed by atoms with Crippen LogP contribution in [0.2, 0.25) is 5.02 Å². The molecule has 6 nitrogen and oxygen atoms in total. The molecule has 2 heterocycles. The maximum Gasteiger partial charge on any atom is 0.228 e. The van der Waals surface area contributed by atoms with Crippen LogP contribution in [0.3, 0.4) is 0 Å². The van der Waals surface area contributed by atoms with Gasteiger partial charge in [-0.05, 0) is 31.5 Å². The zero-order valence-electron chi connectivity index (χ0n) is 11.4. The quantitative estimate of drug-likeness (QED) is 0.908. The summed E-state index contributed by atoms with van der Waals surface area (Å²) in [6.07, 6.45) is 4.90. The number of piperidine rings is 1. The molecule has 2 aromatic rings. The molecule has 0 unspecified atom stereocenters. The Labute approximate surface area is 127 Å². The Bertz CT molecular complexity index is 622. The van der Waals surface area contributed by atoms with Gasteiger partial charge in [-0.2, -0.15) is 5.10 Å². The molecule has 21 heavy (non-hydrogen) atoms. The first-order chi connectivity index (χ1) is 10.3. The van der Waals surface area contributed by atoms with E-state index in [9.17, 15) is 4.79 Å². The molecule has 1 amide bonds. The molecule has 1 aromatic heterocycles. The molecule has 7 heteroatoms. The minimum Gasteiger partial charge on any atom is -0.324 e. The van der Waals surface area contributed by atoms with Crippen LogP contribution in [0, 0.1) is 5.92 Å². The van der Waals surface area contributed by atoms with Gasteiger partial charge in [-0.25, -0.2) is 9.67 Å². The van der Waals surface area contributed by atoms with Crippen molar-refractivity contribution in [3.05, 3.63) is 35.9 Å². The lowest BCUT2D eigenvalue weighted by molar-refractivity contribution is -0.120. The highest BCUT2D eigenvalue weighted by Gasteiger charge is 2.22. The lowest BCUT2D eigenvalue weighted by Crippen LogP contribution is -2.37. The van der Waals surface area contributed by atoms with Gasteiger partial charge in [0.1, 0.15) is 18.3 Å². The molecule has 3 rings (SSSR count). The van der Waals surface area contributed by atoms with E-state index < -0.39 is 0 Å². The van der Waals surface area contributed by atoms with Crippen molar-refractivity contribution in [2.75, 3.05) is 18.4 Å². The lowest BCUT2D eigenvalue weighted by atomic mass is 9.99. The van der Waals surface area contributed by atoms with E-state index in [1.54, 1.807) is 23.1 Å². The van der Waals surface area contributed by atoms with Gasteiger partial charge in [-0.3, -0.25) is 4.79 Å². The van der Waals surface area contributed by atoms with E-state index in [2.05, 4.69) is 20.7 Å². The molecule has 2 N–H and O–H groups in total. The lowest BCUT2D eigenvalue weighted by Gasteiger charge is -2.22. The van der Waals surface area contributed by atoms with E-state index >= 15 is 0 Å². The summed E-state index contributed by atoms with van der Waals surface area (Å²) in [7, 11) is 0. The molecule has 0 aliphatic carbocycles.